The Morgan fingerprint density at radius 1 is 1.06 bits per heavy atom. The molecule has 4 amide bonds. The molecule has 1 aromatic rings. The normalized spacial score (nSPS) is 14.2. The third-order valence-corrected chi connectivity index (χ3v) is 4.73. The van der Waals surface area contributed by atoms with Crippen molar-refractivity contribution in [3.05, 3.63) is 30.1 Å². The number of carbonyl (C=O) groups excluding carboxylic acids is 4. The minimum absolute atomic E-state index is 0.0203. The number of likely N-dealkylation sites (N-methyl/N-ethyl adjacent to an activating group) is 1. The van der Waals surface area contributed by atoms with E-state index >= 15 is 0 Å². The molecule has 0 aromatic carbocycles. The van der Waals surface area contributed by atoms with Gasteiger partial charge >= 0.3 is 0 Å². The van der Waals surface area contributed by atoms with Crippen LogP contribution in [0.4, 0.5) is 0 Å². The number of carbonyl (C=O) groups is 4. The van der Waals surface area contributed by atoms with E-state index in [2.05, 4.69) is 20.9 Å². The van der Waals surface area contributed by atoms with E-state index in [1.807, 2.05) is 13.8 Å². The smallest absolute Gasteiger partial charge is 0.266 e. The van der Waals surface area contributed by atoms with Crippen LogP contribution in [0, 0.1) is 17.3 Å². The summed E-state index contributed by atoms with van der Waals surface area (Å²) in [6.45, 7) is 9.11. The molecule has 0 spiro atoms. The van der Waals surface area contributed by atoms with E-state index in [0.717, 1.165) is 0 Å². The highest BCUT2D eigenvalue weighted by Crippen LogP contribution is 2.22. The fourth-order valence-electron chi connectivity index (χ4n) is 3.11. The first-order valence-electron chi connectivity index (χ1n) is 10.1. The first-order valence-corrected chi connectivity index (χ1v) is 10.1. The zero-order chi connectivity index (χ0) is 23.8. The van der Waals surface area contributed by atoms with Crippen LogP contribution < -0.4 is 21.4 Å². The van der Waals surface area contributed by atoms with Crippen molar-refractivity contribution in [2.45, 2.75) is 53.1 Å². The topological polar surface area (TPSA) is 150 Å². The maximum absolute atomic E-state index is 13.2. The summed E-state index contributed by atoms with van der Waals surface area (Å²) < 4.78 is 0. The molecule has 172 valence electrons. The molecule has 10 heteroatoms. The molecule has 0 saturated carbocycles. The molecule has 0 fully saturated rings. The minimum atomic E-state index is -1.37. The average molecular weight is 436 g/mol. The Balaban J connectivity index is 3.25. The average Bonchev–Trinajstić information content (AvgIpc) is 2.72. The van der Waals surface area contributed by atoms with Gasteiger partial charge in [-0.1, -0.05) is 34.6 Å². The lowest BCUT2D eigenvalue weighted by atomic mass is 9.84. The van der Waals surface area contributed by atoms with Crippen molar-refractivity contribution in [1.82, 2.24) is 26.4 Å². The van der Waals surface area contributed by atoms with Gasteiger partial charge in [-0.25, -0.2) is 5.48 Å². The lowest BCUT2D eigenvalue weighted by molar-refractivity contribution is -0.139. The van der Waals surface area contributed by atoms with Crippen LogP contribution in [0.15, 0.2) is 24.5 Å². The van der Waals surface area contributed by atoms with Crippen molar-refractivity contribution in [3.63, 3.8) is 0 Å². The van der Waals surface area contributed by atoms with Crippen LogP contribution in [-0.2, 0) is 14.4 Å². The number of aromatic nitrogens is 1. The van der Waals surface area contributed by atoms with Gasteiger partial charge in [0, 0.05) is 19.4 Å². The first kappa shape index (κ1) is 26.0. The summed E-state index contributed by atoms with van der Waals surface area (Å²) in [5.41, 5.74) is 1.11. The lowest BCUT2D eigenvalue weighted by Crippen LogP contribution is -2.59. The molecule has 0 aliphatic rings. The Bertz CT molecular complexity index is 776. The molecule has 0 bridgehead atoms. The van der Waals surface area contributed by atoms with Crippen LogP contribution in [-0.4, -0.2) is 53.0 Å². The monoisotopic (exact) mass is 435 g/mol. The molecule has 1 aromatic heterocycles. The van der Waals surface area contributed by atoms with E-state index < -0.39 is 41.1 Å². The summed E-state index contributed by atoms with van der Waals surface area (Å²) in [5.74, 6) is -3.59. The number of rotatable bonds is 9. The fraction of sp³-hybridized carbons (Fsp3) is 0.571. The van der Waals surface area contributed by atoms with Gasteiger partial charge in [0.25, 0.3) is 11.8 Å². The summed E-state index contributed by atoms with van der Waals surface area (Å²) in [5, 5.41) is 17.0. The second-order valence-electron chi connectivity index (χ2n) is 8.83. The van der Waals surface area contributed by atoms with E-state index in [-0.39, 0.29) is 23.8 Å². The van der Waals surface area contributed by atoms with E-state index in [1.54, 1.807) is 26.8 Å². The number of hydrogen-bond acceptors (Lipinski definition) is 6. The Morgan fingerprint density at radius 2 is 1.71 bits per heavy atom. The standard InChI is InChI=1S/C21H33N5O5/c1-12(2)10-14(18(28)25-16(20(30)22-6)21(3,4)5)15(19(29)26-31)24-17(27)13-8-7-9-23-11-13/h7-9,11-12,14-16,31H,10H2,1-6H3,(H,22,30)(H,24,27)(H,25,28)(H,26,29)/t14-,15+,16-/m1/s1. The molecular weight excluding hydrogens is 402 g/mol. The molecule has 5 N–H and O–H groups in total. The fourth-order valence-corrected chi connectivity index (χ4v) is 3.11. The molecule has 31 heavy (non-hydrogen) atoms. The van der Waals surface area contributed by atoms with E-state index in [0.29, 0.717) is 0 Å². The van der Waals surface area contributed by atoms with Crippen LogP contribution in [0.5, 0.6) is 0 Å². The summed E-state index contributed by atoms with van der Waals surface area (Å²) in [4.78, 5) is 54.5. The molecule has 0 radical (unpaired) electrons. The van der Waals surface area contributed by atoms with Gasteiger partial charge in [0.15, 0.2) is 0 Å². The molecular formula is C21H33N5O5. The molecule has 0 unspecified atom stereocenters. The first-order chi connectivity index (χ1) is 14.4. The van der Waals surface area contributed by atoms with Crippen LogP contribution in [0.2, 0.25) is 0 Å². The van der Waals surface area contributed by atoms with Crippen molar-refractivity contribution in [1.29, 1.82) is 0 Å². The highest BCUT2D eigenvalue weighted by Gasteiger charge is 2.39. The molecule has 10 nitrogen and oxygen atoms in total. The highest BCUT2D eigenvalue weighted by atomic mass is 16.5. The van der Waals surface area contributed by atoms with Crippen molar-refractivity contribution in [2.75, 3.05) is 7.05 Å². The van der Waals surface area contributed by atoms with Crippen LogP contribution in [0.3, 0.4) is 0 Å². The number of amides is 4. The van der Waals surface area contributed by atoms with Gasteiger partial charge in [-0.15, -0.1) is 0 Å². The van der Waals surface area contributed by atoms with Gasteiger partial charge in [0.05, 0.1) is 11.5 Å². The predicted octanol–water partition coefficient (Wildman–Crippen LogP) is 0.625. The molecule has 1 rings (SSSR count). The number of hydrogen-bond donors (Lipinski definition) is 5. The van der Waals surface area contributed by atoms with Gasteiger partial charge in [0.2, 0.25) is 11.8 Å². The van der Waals surface area contributed by atoms with Crippen molar-refractivity contribution < 1.29 is 24.4 Å². The molecule has 0 aliphatic carbocycles. The zero-order valence-corrected chi connectivity index (χ0v) is 18.9. The summed E-state index contributed by atoms with van der Waals surface area (Å²) in [7, 11) is 1.47. The third-order valence-electron chi connectivity index (χ3n) is 4.73. The second-order valence-corrected chi connectivity index (χ2v) is 8.83. The number of pyridine rings is 1. The SMILES string of the molecule is CNC(=O)[C@@H](NC(=O)[C@H](CC(C)C)[C@H](NC(=O)c1cccnc1)C(=O)NO)C(C)(C)C. The summed E-state index contributed by atoms with van der Waals surface area (Å²) >= 11 is 0. The summed E-state index contributed by atoms with van der Waals surface area (Å²) in [6, 6.07) is 0.831. The van der Waals surface area contributed by atoms with Gasteiger partial charge < -0.3 is 16.0 Å². The molecule has 0 aliphatic heterocycles. The minimum Gasteiger partial charge on any atom is -0.357 e. The Labute approximate surface area is 182 Å². The zero-order valence-electron chi connectivity index (χ0n) is 18.9. The van der Waals surface area contributed by atoms with Crippen molar-refractivity contribution in [3.8, 4) is 0 Å². The molecule has 3 atom stereocenters. The lowest BCUT2D eigenvalue weighted by Gasteiger charge is -2.33. The summed E-state index contributed by atoms with van der Waals surface area (Å²) in [6.07, 6.45) is 3.04. The largest absolute Gasteiger partial charge is 0.357 e. The van der Waals surface area contributed by atoms with Gasteiger partial charge in [-0.05, 0) is 29.9 Å². The van der Waals surface area contributed by atoms with Gasteiger partial charge in [0.1, 0.15) is 12.1 Å². The Kier molecular flexibility index (Phi) is 9.57. The van der Waals surface area contributed by atoms with Crippen LogP contribution in [0.25, 0.3) is 0 Å². The number of hydroxylamine groups is 1. The molecule has 0 saturated heterocycles. The second kappa shape index (κ2) is 11.4. The maximum Gasteiger partial charge on any atom is 0.266 e. The van der Waals surface area contributed by atoms with Crippen LogP contribution in [0.1, 0.15) is 51.4 Å². The van der Waals surface area contributed by atoms with E-state index in [4.69, 9.17) is 0 Å². The van der Waals surface area contributed by atoms with Crippen molar-refractivity contribution in [2.24, 2.45) is 17.3 Å². The quantitative estimate of drug-likeness (QED) is 0.284. The third kappa shape index (κ3) is 7.63. The molecule has 1 heterocycles. The van der Waals surface area contributed by atoms with E-state index in [1.165, 1.54) is 31.0 Å². The van der Waals surface area contributed by atoms with Gasteiger partial charge in [-0.3, -0.25) is 29.4 Å². The maximum atomic E-state index is 13.2. The van der Waals surface area contributed by atoms with Crippen molar-refractivity contribution >= 4 is 23.6 Å². The number of nitrogens with one attached hydrogen (secondary N) is 4. The van der Waals surface area contributed by atoms with E-state index in [9.17, 15) is 24.4 Å². The Hall–Kier alpha value is -3.01. The number of nitrogens with zero attached hydrogens (tertiary/aromatic N) is 1. The highest BCUT2D eigenvalue weighted by molar-refractivity contribution is 5.99. The predicted molar refractivity (Wildman–Crippen MR) is 114 cm³/mol. The Morgan fingerprint density at radius 3 is 2.16 bits per heavy atom. The van der Waals surface area contributed by atoms with Gasteiger partial charge in [-0.2, -0.15) is 0 Å². The van der Waals surface area contributed by atoms with Crippen LogP contribution >= 0.6 is 0 Å².